The zero-order valence-electron chi connectivity index (χ0n) is 9.90. The fourth-order valence-corrected chi connectivity index (χ4v) is 2.81. The molecule has 0 aromatic heterocycles. The second-order valence-electron chi connectivity index (χ2n) is 4.33. The molecule has 1 aliphatic rings. The van der Waals surface area contributed by atoms with Crippen molar-refractivity contribution in [2.24, 2.45) is 0 Å². The molecule has 2 nitrogen and oxygen atoms in total. The minimum Gasteiger partial charge on any atom is -0.492 e. The van der Waals surface area contributed by atoms with E-state index in [1.54, 1.807) is 0 Å². The summed E-state index contributed by atoms with van der Waals surface area (Å²) in [5.74, 6) is 0.995. The topological polar surface area (TPSA) is 21.3 Å². The largest absolute Gasteiger partial charge is 0.492 e. The van der Waals surface area contributed by atoms with Crippen LogP contribution in [0.2, 0.25) is 0 Å². The van der Waals surface area contributed by atoms with E-state index in [0.717, 1.165) is 18.9 Å². The Kier molecular flexibility index (Phi) is 3.52. The van der Waals surface area contributed by atoms with Crippen LogP contribution in [-0.2, 0) is 0 Å². The van der Waals surface area contributed by atoms with Crippen LogP contribution < -0.4 is 10.1 Å². The van der Waals surface area contributed by atoms with Gasteiger partial charge in [0.25, 0.3) is 0 Å². The van der Waals surface area contributed by atoms with Crippen LogP contribution in [0.5, 0.6) is 5.75 Å². The van der Waals surface area contributed by atoms with Gasteiger partial charge >= 0.3 is 0 Å². The fourth-order valence-electron chi connectivity index (χ4n) is 2.29. The molecule has 0 spiro atoms. The predicted octanol–water partition coefficient (Wildman–Crippen LogP) is 3.36. The number of ether oxygens (including phenoxy) is 1. The molecule has 1 N–H and O–H groups in total. The molecule has 0 saturated heterocycles. The molecule has 1 atom stereocenters. The summed E-state index contributed by atoms with van der Waals surface area (Å²) in [4.78, 5) is 0. The van der Waals surface area contributed by atoms with Crippen molar-refractivity contribution in [1.82, 2.24) is 5.32 Å². The van der Waals surface area contributed by atoms with E-state index < -0.39 is 0 Å². The van der Waals surface area contributed by atoms with Crippen molar-refractivity contribution in [1.29, 1.82) is 0 Å². The monoisotopic (exact) mass is 351 g/mol. The smallest absolute Gasteiger partial charge is 0.124 e. The van der Waals surface area contributed by atoms with Crippen LogP contribution in [0.3, 0.4) is 0 Å². The van der Waals surface area contributed by atoms with Crippen LogP contribution in [-0.4, -0.2) is 13.2 Å². The highest BCUT2D eigenvalue weighted by Gasteiger charge is 2.20. The van der Waals surface area contributed by atoms with Gasteiger partial charge in [0.1, 0.15) is 12.4 Å². The Morgan fingerprint density at radius 2 is 1.94 bits per heavy atom. The molecule has 1 unspecified atom stereocenters. The maximum absolute atomic E-state index is 5.79. The van der Waals surface area contributed by atoms with Crippen LogP contribution in [0.1, 0.15) is 17.2 Å². The van der Waals surface area contributed by atoms with E-state index in [2.05, 4.69) is 70.4 Å². The van der Waals surface area contributed by atoms with Crippen molar-refractivity contribution >= 4 is 22.6 Å². The summed E-state index contributed by atoms with van der Waals surface area (Å²) in [5.41, 5.74) is 2.51. The van der Waals surface area contributed by atoms with E-state index in [9.17, 15) is 0 Å². The van der Waals surface area contributed by atoms with Crippen LogP contribution in [0.25, 0.3) is 0 Å². The van der Waals surface area contributed by atoms with E-state index in [0.29, 0.717) is 0 Å². The number of halogens is 1. The van der Waals surface area contributed by atoms with Gasteiger partial charge in [0.2, 0.25) is 0 Å². The van der Waals surface area contributed by atoms with Crippen molar-refractivity contribution in [2.75, 3.05) is 13.2 Å². The first kappa shape index (κ1) is 12.0. The normalized spacial score (nSPS) is 18.6. The summed E-state index contributed by atoms with van der Waals surface area (Å²) in [5, 5.41) is 3.55. The standard InChI is InChI=1S/C15H14INO/c16-12-6-7-14-13(10-12)15(17-8-9-18-14)11-4-2-1-3-5-11/h1-7,10,15,17H,8-9H2. The Morgan fingerprint density at radius 1 is 1.11 bits per heavy atom. The van der Waals surface area contributed by atoms with E-state index in [1.165, 1.54) is 14.7 Å². The lowest BCUT2D eigenvalue weighted by molar-refractivity contribution is 0.325. The quantitative estimate of drug-likeness (QED) is 0.796. The second kappa shape index (κ2) is 5.28. The second-order valence-corrected chi connectivity index (χ2v) is 5.57. The molecule has 0 fully saturated rings. The first-order chi connectivity index (χ1) is 8.84. The first-order valence-corrected chi connectivity index (χ1v) is 7.13. The van der Waals surface area contributed by atoms with Crippen LogP contribution in [0.15, 0.2) is 48.5 Å². The van der Waals surface area contributed by atoms with Crippen molar-refractivity contribution in [3.05, 3.63) is 63.2 Å². The molecule has 0 bridgehead atoms. The van der Waals surface area contributed by atoms with Crippen LogP contribution in [0, 0.1) is 3.57 Å². The Hall–Kier alpha value is -1.07. The zero-order valence-corrected chi connectivity index (χ0v) is 12.1. The first-order valence-electron chi connectivity index (χ1n) is 6.05. The molecule has 3 rings (SSSR count). The van der Waals surface area contributed by atoms with Gasteiger partial charge in [-0.2, -0.15) is 0 Å². The Balaban J connectivity index is 2.08. The van der Waals surface area contributed by atoms with Gasteiger partial charge in [-0.05, 0) is 46.4 Å². The van der Waals surface area contributed by atoms with Crippen molar-refractivity contribution in [3.8, 4) is 5.75 Å². The van der Waals surface area contributed by atoms with E-state index in [4.69, 9.17) is 4.74 Å². The van der Waals surface area contributed by atoms with Gasteiger partial charge < -0.3 is 10.1 Å². The molecule has 0 saturated carbocycles. The molecule has 0 radical (unpaired) electrons. The number of fused-ring (bicyclic) bond motifs is 1. The summed E-state index contributed by atoms with van der Waals surface area (Å²) in [6, 6.07) is 17.1. The molecule has 1 aliphatic heterocycles. The van der Waals surface area contributed by atoms with Crippen molar-refractivity contribution in [3.63, 3.8) is 0 Å². The summed E-state index contributed by atoms with van der Waals surface area (Å²) in [6.45, 7) is 1.59. The average molecular weight is 351 g/mol. The average Bonchev–Trinajstić information content (AvgIpc) is 2.61. The van der Waals surface area contributed by atoms with Crippen molar-refractivity contribution < 1.29 is 4.74 Å². The molecule has 1 heterocycles. The number of rotatable bonds is 1. The van der Waals surface area contributed by atoms with Gasteiger partial charge in [0, 0.05) is 15.7 Å². The van der Waals surface area contributed by atoms with E-state index in [1.807, 2.05) is 6.07 Å². The SMILES string of the molecule is Ic1ccc2c(c1)C(c1ccccc1)NCCO2. The van der Waals surface area contributed by atoms with Gasteiger partial charge in [0.05, 0.1) is 6.04 Å². The highest BCUT2D eigenvalue weighted by Crippen LogP contribution is 2.32. The molecule has 0 aliphatic carbocycles. The lowest BCUT2D eigenvalue weighted by atomic mass is 9.98. The van der Waals surface area contributed by atoms with E-state index >= 15 is 0 Å². The summed E-state index contributed by atoms with van der Waals surface area (Å²) in [7, 11) is 0. The highest BCUT2D eigenvalue weighted by atomic mass is 127. The molecule has 92 valence electrons. The molecule has 3 heteroatoms. The predicted molar refractivity (Wildman–Crippen MR) is 80.9 cm³/mol. The third kappa shape index (κ3) is 2.37. The van der Waals surface area contributed by atoms with Crippen LogP contribution in [0.4, 0.5) is 0 Å². The van der Waals surface area contributed by atoms with Gasteiger partial charge in [-0.1, -0.05) is 30.3 Å². The fraction of sp³-hybridized carbons (Fsp3) is 0.200. The lowest BCUT2D eigenvalue weighted by Gasteiger charge is -2.18. The minimum atomic E-state index is 0.221. The molecular weight excluding hydrogens is 337 g/mol. The van der Waals surface area contributed by atoms with Crippen LogP contribution >= 0.6 is 22.6 Å². The zero-order chi connectivity index (χ0) is 12.4. The summed E-state index contributed by atoms with van der Waals surface area (Å²) < 4.78 is 7.03. The number of benzene rings is 2. The van der Waals surface area contributed by atoms with Gasteiger partial charge in [-0.25, -0.2) is 0 Å². The number of hydrogen-bond donors (Lipinski definition) is 1. The Morgan fingerprint density at radius 3 is 2.78 bits per heavy atom. The minimum absolute atomic E-state index is 0.221. The molecule has 0 amide bonds. The Bertz CT molecular complexity index is 541. The van der Waals surface area contributed by atoms with E-state index in [-0.39, 0.29) is 6.04 Å². The maximum Gasteiger partial charge on any atom is 0.124 e. The van der Waals surface area contributed by atoms with Gasteiger partial charge in [0.15, 0.2) is 0 Å². The summed E-state index contributed by atoms with van der Waals surface area (Å²) >= 11 is 2.34. The third-order valence-electron chi connectivity index (χ3n) is 3.12. The highest BCUT2D eigenvalue weighted by molar-refractivity contribution is 14.1. The molecule has 2 aromatic rings. The maximum atomic E-state index is 5.79. The molecular formula is C15H14INO. The number of hydrogen-bond acceptors (Lipinski definition) is 2. The molecule has 2 aromatic carbocycles. The summed E-state index contributed by atoms with van der Waals surface area (Å²) in [6.07, 6.45) is 0. The third-order valence-corrected chi connectivity index (χ3v) is 3.79. The Labute approximate surface area is 121 Å². The number of nitrogens with one attached hydrogen (secondary N) is 1. The molecule has 18 heavy (non-hydrogen) atoms. The van der Waals surface area contributed by atoms with Gasteiger partial charge in [-0.3, -0.25) is 0 Å². The van der Waals surface area contributed by atoms with Crippen molar-refractivity contribution in [2.45, 2.75) is 6.04 Å². The lowest BCUT2D eigenvalue weighted by Crippen LogP contribution is -2.23. The van der Waals surface area contributed by atoms with Gasteiger partial charge in [-0.15, -0.1) is 0 Å².